The molecule has 1 aromatic heterocycles. The molecule has 1 atom stereocenters. The van der Waals surface area contributed by atoms with E-state index in [-0.39, 0.29) is 0 Å². The summed E-state index contributed by atoms with van der Waals surface area (Å²) < 4.78 is 1.80. The summed E-state index contributed by atoms with van der Waals surface area (Å²) in [6.45, 7) is 3.22. The molecule has 1 aromatic carbocycles. The van der Waals surface area contributed by atoms with Crippen LogP contribution < -0.4 is 0 Å². The molecule has 2 aromatic rings. The molecule has 0 aliphatic carbocycles. The second-order valence-electron chi connectivity index (χ2n) is 4.85. The smallest absolute Gasteiger partial charge is 0.325 e. The Balaban J connectivity index is 2.12. The minimum absolute atomic E-state index is 0.618. The van der Waals surface area contributed by atoms with E-state index in [0.29, 0.717) is 13.1 Å². The van der Waals surface area contributed by atoms with Crippen LogP contribution >= 0.6 is 0 Å². The summed E-state index contributed by atoms with van der Waals surface area (Å²) in [5, 5.41) is 13.6. The molecule has 0 aliphatic rings. The lowest BCUT2D eigenvalue weighted by Gasteiger charge is -2.26. The number of benzene rings is 1. The van der Waals surface area contributed by atoms with Crippen molar-refractivity contribution in [2.75, 3.05) is 13.6 Å². The monoisotopic (exact) mass is 273 g/mol. The Morgan fingerprint density at radius 2 is 2.15 bits per heavy atom. The van der Waals surface area contributed by atoms with Crippen LogP contribution in [0.15, 0.2) is 42.7 Å². The summed E-state index contributed by atoms with van der Waals surface area (Å²) in [5.41, 5.74) is 1.83. The van der Waals surface area contributed by atoms with E-state index in [4.69, 9.17) is 0 Å². The number of carboxylic acids is 1. The van der Waals surface area contributed by atoms with Crippen LogP contribution in [0, 0.1) is 6.92 Å². The van der Waals surface area contributed by atoms with Gasteiger partial charge in [0, 0.05) is 18.9 Å². The van der Waals surface area contributed by atoms with Crippen LogP contribution in [0.1, 0.15) is 17.2 Å². The van der Waals surface area contributed by atoms with Gasteiger partial charge in [-0.1, -0.05) is 24.3 Å². The molecule has 0 saturated carbocycles. The summed E-state index contributed by atoms with van der Waals surface area (Å²) in [7, 11) is 1.83. The number of nitrogens with zero attached hydrogens (tertiary/aromatic N) is 3. The lowest BCUT2D eigenvalue weighted by molar-refractivity contribution is -0.143. The fourth-order valence-electron chi connectivity index (χ4n) is 2.27. The van der Waals surface area contributed by atoms with Crippen LogP contribution in [-0.2, 0) is 11.3 Å². The number of carboxylic acid groups (broad SMARTS) is 1. The molecule has 0 spiro atoms. The number of hydrogen-bond acceptors (Lipinski definition) is 3. The first-order chi connectivity index (χ1) is 9.59. The molecule has 20 heavy (non-hydrogen) atoms. The average molecular weight is 273 g/mol. The third-order valence-electron chi connectivity index (χ3n) is 3.40. The number of aromatic nitrogens is 2. The van der Waals surface area contributed by atoms with Crippen molar-refractivity contribution in [1.29, 1.82) is 0 Å². The molecular formula is C15H19N3O2. The highest BCUT2D eigenvalue weighted by Gasteiger charge is 2.25. The second kappa shape index (κ2) is 6.34. The molecule has 1 unspecified atom stereocenters. The van der Waals surface area contributed by atoms with E-state index in [1.807, 2.05) is 55.4 Å². The highest BCUT2D eigenvalue weighted by molar-refractivity contribution is 5.76. The maximum atomic E-state index is 11.6. The molecule has 106 valence electrons. The Morgan fingerprint density at radius 3 is 2.75 bits per heavy atom. The second-order valence-corrected chi connectivity index (χ2v) is 4.85. The number of likely N-dealkylation sites (N-methyl/N-ethyl adjacent to an activating group) is 1. The van der Waals surface area contributed by atoms with Gasteiger partial charge in [0.1, 0.15) is 6.04 Å². The predicted molar refractivity (Wildman–Crippen MR) is 76.4 cm³/mol. The molecule has 2 rings (SSSR count). The highest BCUT2D eigenvalue weighted by Crippen LogP contribution is 2.22. The predicted octanol–water partition coefficient (Wildman–Crippen LogP) is 1.95. The van der Waals surface area contributed by atoms with Crippen LogP contribution in [-0.4, -0.2) is 39.3 Å². The summed E-state index contributed by atoms with van der Waals surface area (Å²) in [4.78, 5) is 13.4. The van der Waals surface area contributed by atoms with Gasteiger partial charge in [-0.2, -0.15) is 5.10 Å². The molecule has 0 saturated heterocycles. The van der Waals surface area contributed by atoms with Crippen LogP contribution in [0.3, 0.4) is 0 Å². The molecule has 1 N–H and O–H groups in total. The average Bonchev–Trinajstić information content (AvgIpc) is 2.92. The summed E-state index contributed by atoms with van der Waals surface area (Å²) in [6, 6.07) is 8.83. The lowest BCUT2D eigenvalue weighted by Crippen LogP contribution is -2.33. The molecular weight excluding hydrogens is 254 g/mol. The zero-order valence-electron chi connectivity index (χ0n) is 11.7. The SMILES string of the molecule is Cc1ccccc1C(C(=O)O)N(C)CCn1cccn1. The van der Waals surface area contributed by atoms with Gasteiger partial charge in [-0.05, 0) is 31.2 Å². The topological polar surface area (TPSA) is 58.4 Å². The van der Waals surface area contributed by atoms with Crippen molar-refractivity contribution in [3.05, 3.63) is 53.9 Å². The minimum atomic E-state index is -0.831. The van der Waals surface area contributed by atoms with Gasteiger partial charge in [0.15, 0.2) is 0 Å². The van der Waals surface area contributed by atoms with E-state index in [1.54, 1.807) is 10.9 Å². The van der Waals surface area contributed by atoms with Gasteiger partial charge in [-0.15, -0.1) is 0 Å². The Kier molecular flexibility index (Phi) is 4.53. The third kappa shape index (κ3) is 3.24. The van der Waals surface area contributed by atoms with Crippen LogP contribution in [0.5, 0.6) is 0 Å². The fraction of sp³-hybridized carbons (Fsp3) is 0.333. The van der Waals surface area contributed by atoms with Crippen molar-refractivity contribution in [3.63, 3.8) is 0 Å². The van der Waals surface area contributed by atoms with Crippen molar-refractivity contribution in [1.82, 2.24) is 14.7 Å². The number of hydrogen-bond donors (Lipinski definition) is 1. The fourth-order valence-corrected chi connectivity index (χ4v) is 2.27. The Hall–Kier alpha value is -2.14. The summed E-state index contributed by atoms with van der Waals surface area (Å²) in [6.07, 6.45) is 3.59. The van der Waals surface area contributed by atoms with E-state index >= 15 is 0 Å². The van der Waals surface area contributed by atoms with Gasteiger partial charge < -0.3 is 5.11 Å². The Labute approximate surface area is 118 Å². The van der Waals surface area contributed by atoms with Crippen LogP contribution in [0.4, 0.5) is 0 Å². The highest BCUT2D eigenvalue weighted by atomic mass is 16.4. The van der Waals surface area contributed by atoms with E-state index in [9.17, 15) is 9.90 Å². The van der Waals surface area contributed by atoms with Crippen LogP contribution in [0.25, 0.3) is 0 Å². The first-order valence-corrected chi connectivity index (χ1v) is 6.55. The van der Waals surface area contributed by atoms with Gasteiger partial charge in [0.2, 0.25) is 0 Å². The van der Waals surface area contributed by atoms with Crippen molar-refractivity contribution < 1.29 is 9.90 Å². The van der Waals surface area contributed by atoms with Crippen molar-refractivity contribution in [2.45, 2.75) is 19.5 Å². The van der Waals surface area contributed by atoms with E-state index in [0.717, 1.165) is 11.1 Å². The summed E-state index contributed by atoms with van der Waals surface area (Å²) >= 11 is 0. The number of aryl methyl sites for hydroxylation is 1. The molecule has 0 amide bonds. The van der Waals surface area contributed by atoms with E-state index in [2.05, 4.69) is 5.10 Å². The largest absolute Gasteiger partial charge is 0.480 e. The van der Waals surface area contributed by atoms with Gasteiger partial charge in [0.25, 0.3) is 0 Å². The van der Waals surface area contributed by atoms with Crippen LogP contribution in [0.2, 0.25) is 0 Å². The number of carbonyl (C=O) groups is 1. The summed E-state index contributed by atoms with van der Waals surface area (Å²) in [5.74, 6) is -0.831. The first-order valence-electron chi connectivity index (χ1n) is 6.55. The van der Waals surface area contributed by atoms with Gasteiger partial charge >= 0.3 is 5.97 Å². The van der Waals surface area contributed by atoms with Crippen molar-refractivity contribution in [2.24, 2.45) is 0 Å². The quantitative estimate of drug-likeness (QED) is 0.874. The molecule has 0 bridgehead atoms. The maximum Gasteiger partial charge on any atom is 0.325 e. The zero-order chi connectivity index (χ0) is 14.5. The normalized spacial score (nSPS) is 12.6. The molecule has 0 radical (unpaired) electrons. The van der Waals surface area contributed by atoms with Gasteiger partial charge in [0.05, 0.1) is 6.54 Å². The first kappa shape index (κ1) is 14.3. The van der Waals surface area contributed by atoms with Crippen molar-refractivity contribution >= 4 is 5.97 Å². The Morgan fingerprint density at radius 1 is 1.40 bits per heavy atom. The lowest BCUT2D eigenvalue weighted by atomic mass is 10.0. The van der Waals surface area contributed by atoms with Gasteiger partial charge in [-0.25, -0.2) is 0 Å². The minimum Gasteiger partial charge on any atom is -0.480 e. The molecule has 5 nitrogen and oxygen atoms in total. The van der Waals surface area contributed by atoms with Gasteiger partial charge in [-0.3, -0.25) is 14.4 Å². The molecule has 1 heterocycles. The number of aliphatic carboxylic acids is 1. The third-order valence-corrected chi connectivity index (χ3v) is 3.40. The van der Waals surface area contributed by atoms with Crippen molar-refractivity contribution in [3.8, 4) is 0 Å². The maximum absolute atomic E-state index is 11.6. The molecule has 0 aliphatic heterocycles. The van der Waals surface area contributed by atoms with E-state index < -0.39 is 12.0 Å². The molecule has 0 fully saturated rings. The Bertz CT molecular complexity index is 566. The zero-order valence-corrected chi connectivity index (χ0v) is 11.7. The standard InChI is InChI=1S/C15H19N3O2/c1-12-6-3-4-7-13(12)14(15(19)20)17(2)10-11-18-9-5-8-16-18/h3-9,14H,10-11H2,1-2H3,(H,19,20). The number of rotatable bonds is 6. The van der Waals surface area contributed by atoms with E-state index in [1.165, 1.54) is 0 Å². The molecule has 5 heteroatoms.